The van der Waals surface area contributed by atoms with Crippen LogP contribution in [-0.2, 0) is 0 Å². The molecule has 8 heteroatoms. The molecule has 1 unspecified atom stereocenters. The molecule has 5 nitrogen and oxygen atoms in total. The molecule has 2 heterocycles. The number of anilines is 2. The van der Waals surface area contributed by atoms with E-state index in [1.165, 1.54) is 0 Å². The molecule has 27 heavy (non-hydrogen) atoms. The quantitative estimate of drug-likeness (QED) is 0.668. The summed E-state index contributed by atoms with van der Waals surface area (Å²) < 4.78 is 0. The molecule has 0 aliphatic carbocycles. The van der Waals surface area contributed by atoms with Crippen molar-refractivity contribution >= 4 is 46.4 Å². The predicted octanol–water partition coefficient (Wildman–Crippen LogP) is 5.17. The number of para-hydroxylation sites is 1. The Hall–Kier alpha value is -1.69. The normalized spacial score (nSPS) is 17.3. The van der Waals surface area contributed by atoms with Crippen LogP contribution in [0.2, 0.25) is 15.2 Å². The minimum atomic E-state index is 0.225. The van der Waals surface area contributed by atoms with Crippen LogP contribution in [0.25, 0.3) is 0 Å². The summed E-state index contributed by atoms with van der Waals surface area (Å²) in [6.45, 7) is 10.9. The van der Waals surface area contributed by atoms with Gasteiger partial charge in [-0.15, -0.1) is 0 Å². The number of hydrogen-bond donors (Lipinski definition) is 1. The summed E-state index contributed by atoms with van der Waals surface area (Å²) in [6.07, 6.45) is 1.68. The lowest BCUT2D eigenvalue weighted by atomic mass is 9.99. The van der Waals surface area contributed by atoms with Gasteiger partial charge in [-0.2, -0.15) is 0 Å². The van der Waals surface area contributed by atoms with Crippen LogP contribution >= 0.6 is 34.8 Å². The molecule has 1 aromatic heterocycles. The van der Waals surface area contributed by atoms with Crippen LogP contribution in [0, 0.1) is 5.92 Å². The Morgan fingerprint density at radius 1 is 1.19 bits per heavy atom. The van der Waals surface area contributed by atoms with Gasteiger partial charge < -0.3 is 15.1 Å². The molecule has 1 aromatic carbocycles. The number of benzene rings is 1. The average molecular weight is 427 g/mol. The Kier molecular flexibility index (Phi) is 6.35. The van der Waals surface area contributed by atoms with Crippen molar-refractivity contribution in [3.63, 3.8) is 0 Å². The monoisotopic (exact) mass is 425 g/mol. The van der Waals surface area contributed by atoms with Crippen molar-refractivity contribution in [3.8, 4) is 0 Å². The third-order valence-electron chi connectivity index (χ3n) is 4.66. The van der Waals surface area contributed by atoms with Crippen LogP contribution in [0.5, 0.6) is 0 Å². The van der Waals surface area contributed by atoms with Gasteiger partial charge in [-0.05, 0) is 24.1 Å². The highest BCUT2D eigenvalue weighted by molar-refractivity contribution is 6.39. The minimum Gasteiger partial charge on any atom is -0.352 e. The summed E-state index contributed by atoms with van der Waals surface area (Å²) in [7, 11) is 0. The van der Waals surface area contributed by atoms with Crippen LogP contribution < -0.4 is 10.2 Å². The molecule has 2 aromatic rings. The summed E-state index contributed by atoms with van der Waals surface area (Å²) in [5.41, 5.74) is 0.675. The summed E-state index contributed by atoms with van der Waals surface area (Å²) in [4.78, 5) is 13.1. The SMILES string of the molecule is C=C(Nc1c(Cl)cccc1Cl)N1CCN(c2nccc(Cl)n2)CC1C(C)C. The van der Waals surface area contributed by atoms with E-state index in [4.69, 9.17) is 34.8 Å². The second-order valence-electron chi connectivity index (χ2n) is 6.80. The molecule has 0 spiro atoms. The number of rotatable bonds is 5. The molecular weight excluding hydrogens is 405 g/mol. The minimum absolute atomic E-state index is 0.225. The van der Waals surface area contributed by atoms with E-state index in [-0.39, 0.29) is 6.04 Å². The van der Waals surface area contributed by atoms with Crippen molar-refractivity contribution in [1.29, 1.82) is 0 Å². The van der Waals surface area contributed by atoms with Crippen molar-refractivity contribution in [2.75, 3.05) is 29.9 Å². The largest absolute Gasteiger partial charge is 0.352 e. The molecule has 1 saturated heterocycles. The Morgan fingerprint density at radius 3 is 2.52 bits per heavy atom. The number of halogens is 3. The number of aromatic nitrogens is 2. The van der Waals surface area contributed by atoms with Crippen molar-refractivity contribution in [3.05, 3.63) is 58.1 Å². The van der Waals surface area contributed by atoms with Gasteiger partial charge >= 0.3 is 0 Å². The van der Waals surface area contributed by atoms with Crippen LogP contribution in [0.15, 0.2) is 42.9 Å². The van der Waals surface area contributed by atoms with Gasteiger partial charge in [-0.25, -0.2) is 9.97 Å². The summed E-state index contributed by atoms with van der Waals surface area (Å²) in [5.74, 6) is 1.82. The molecule has 0 bridgehead atoms. The highest BCUT2D eigenvalue weighted by Crippen LogP contribution is 2.32. The smallest absolute Gasteiger partial charge is 0.226 e. The van der Waals surface area contributed by atoms with E-state index >= 15 is 0 Å². The molecule has 1 aliphatic heterocycles. The Bertz CT molecular complexity index is 806. The first-order valence-electron chi connectivity index (χ1n) is 8.77. The van der Waals surface area contributed by atoms with E-state index in [1.807, 2.05) is 6.07 Å². The van der Waals surface area contributed by atoms with Gasteiger partial charge in [0.1, 0.15) is 5.15 Å². The topological polar surface area (TPSA) is 44.3 Å². The van der Waals surface area contributed by atoms with Crippen LogP contribution in [0.3, 0.4) is 0 Å². The maximum Gasteiger partial charge on any atom is 0.226 e. The van der Waals surface area contributed by atoms with Gasteiger partial charge in [0.05, 0.1) is 27.6 Å². The molecule has 0 amide bonds. The van der Waals surface area contributed by atoms with E-state index in [2.05, 4.69) is 45.5 Å². The first kappa shape index (κ1) is 20.1. The van der Waals surface area contributed by atoms with E-state index in [9.17, 15) is 0 Å². The zero-order valence-electron chi connectivity index (χ0n) is 15.3. The van der Waals surface area contributed by atoms with Gasteiger partial charge in [0.2, 0.25) is 5.95 Å². The summed E-state index contributed by atoms with van der Waals surface area (Å²) >= 11 is 18.6. The van der Waals surface area contributed by atoms with Crippen molar-refractivity contribution in [2.24, 2.45) is 5.92 Å². The Labute approximate surface area is 174 Å². The van der Waals surface area contributed by atoms with E-state index in [1.54, 1.807) is 24.4 Å². The molecule has 3 rings (SSSR count). The molecule has 1 fully saturated rings. The highest BCUT2D eigenvalue weighted by atomic mass is 35.5. The van der Waals surface area contributed by atoms with Gasteiger partial charge in [0, 0.05) is 25.8 Å². The molecule has 1 atom stereocenters. The predicted molar refractivity (Wildman–Crippen MR) is 114 cm³/mol. The fourth-order valence-electron chi connectivity index (χ4n) is 3.21. The standard InChI is InChI=1S/C19H22Cl3N5/c1-12(2)16-11-26(19-23-8-7-17(22)25-19)9-10-27(16)13(3)24-18-14(20)5-4-6-15(18)21/h4-8,12,16,24H,3,9-11H2,1-2H3. The fraction of sp³-hybridized carbons (Fsp3) is 0.368. The Balaban J connectivity index is 1.77. The molecular formula is C19H22Cl3N5. The van der Waals surface area contributed by atoms with E-state index in [0.717, 1.165) is 25.5 Å². The van der Waals surface area contributed by atoms with Crippen molar-refractivity contribution in [1.82, 2.24) is 14.9 Å². The fourth-order valence-corrected chi connectivity index (χ4v) is 3.83. The van der Waals surface area contributed by atoms with Gasteiger partial charge in [-0.1, -0.05) is 61.3 Å². The lowest BCUT2D eigenvalue weighted by Gasteiger charge is -2.45. The molecule has 144 valence electrons. The second-order valence-corrected chi connectivity index (χ2v) is 8.00. The Morgan fingerprint density at radius 2 is 1.89 bits per heavy atom. The lowest BCUT2D eigenvalue weighted by molar-refractivity contribution is 0.183. The zero-order valence-corrected chi connectivity index (χ0v) is 17.6. The second kappa shape index (κ2) is 8.55. The zero-order chi connectivity index (χ0) is 19.6. The van der Waals surface area contributed by atoms with Crippen molar-refractivity contribution in [2.45, 2.75) is 19.9 Å². The highest BCUT2D eigenvalue weighted by Gasteiger charge is 2.31. The van der Waals surface area contributed by atoms with Crippen LogP contribution in [-0.4, -0.2) is 40.5 Å². The van der Waals surface area contributed by atoms with Crippen LogP contribution in [0.1, 0.15) is 13.8 Å². The molecule has 1 N–H and O–H groups in total. The maximum absolute atomic E-state index is 6.29. The van der Waals surface area contributed by atoms with E-state index < -0.39 is 0 Å². The lowest BCUT2D eigenvalue weighted by Crippen LogP contribution is -2.55. The van der Waals surface area contributed by atoms with E-state index in [0.29, 0.717) is 32.8 Å². The molecule has 1 aliphatic rings. The molecule has 0 saturated carbocycles. The number of piperazine rings is 1. The number of nitrogens with zero attached hydrogens (tertiary/aromatic N) is 4. The first-order chi connectivity index (χ1) is 12.9. The number of nitrogens with one attached hydrogen (secondary N) is 1. The third-order valence-corrected chi connectivity index (χ3v) is 5.50. The van der Waals surface area contributed by atoms with Gasteiger partial charge in [0.25, 0.3) is 0 Å². The maximum atomic E-state index is 6.29. The van der Waals surface area contributed by atoms with Crippen LogP contribution in [0.4, 0.5) is 11.6 Å². The first-order valence-corrected chi connectivity index (χ1v) is 9.90. The van der Waals surface area contributed by atoms with Gasteiger partial charge in [-0.3, -0.25) is 0 Å². The van der Waals surface area contributed by atoms with Gasteiger partial charge in [0.15, 0.2) is 0 Å². The van der Waals surface area contributed by atoms with Crippen molar-refractivity contribution < 1.29 is 0 Å². The summed E-state index contributed by atoms with van der Waals surface area (Å²) in [6, 6.07) is 7.33. The third kappa shape index (κ3) is 4.60. The summed E-state index contributed by atoms with van der Waals surface area (Å²) in [5, 5.41) is 4.87. The average Bonchev–Trinajstić information content (AvgIpc) is 2.64. The number of hydrogen-bond acceptors (Lipinski definition) is 5. The molecule has 0 radical (unpaired) electrons.